The first-order valence-electron chi connectivity index (χ1n) is 4.57. The van der Waals surface area contributed by atoms with Gasteiger partial charge in [0.25, 0.3) is 0 Å². The molecular weight excluding hydrogens is 336 g/mol. The molecule has 5 nitrogen and oxygen atoms in total. The van der Waals surface area contributed by atoms with Gasteiger partial charge < -0.3 is 9.47 Å². The lowest BCUT2D eigenvalue weighted by atomic mass is 10.3. The molecule has 102 valence electrons. The Kier molecular flexibility index (Phi) is 5.15. The van der Waals surface area contributed by atoms with Crippen LogP contribution in [0.2, 0.25) is 0 Å². The zero-order valence-electron chi connectivity index (χ0n) is 9.19. The zero-order valence-corrected chi connectivity index (χ0v) is 11.6. The minimum atomic E-state index is -3.67. The summed E-state index contributed by atoms with van der Waals surface area (Å²) < 4.78 is 57.9. The molecule has 0 aromatic heterocycles. The Labute approximate surface area is 111 Å². The van der Waals surface area contributed by atoms with Crippen molar-refractivity contribution in [3.63, 3.8) is 0 Å². The van der Waals surface area contributed by atoms with Gasteiger partial charge in [0.2, 0.25) is 10.0 Å². The smallest absolute Gasteiger partial charge is 0.387 e. The third-order valence-corrected chi connectivity index (χ3v) is 4.44. The van der Waals surface area contributed by atoms with E-state index < -0.39 is 16.6 Å². The quantitative estimate of drug-likeness (QED) is 0.804. The maximum Gasteiger partial charge on any atom is 0.387 e. The summed E-state index contributed by atoms with van der Waals surface area (Å²) in [5, 5.41) is 0. The molecule has 0 saturated heterocycles. The molecule has 9 heteroatoms. The predicted molar refractivity (Wildman–Crippen MR) is 66.0 cm³/mol. The van der Waals surface area contributed by atoms with Gasteiger partial charge in [-0.3, -0.25) is 4.72 Å². The van der Waals surface area contributed by atoms with E-state index in [1.165, 1.54) is 25.3 Å². The summed E-state index contributed by atoms with van der Waals surface area (Å²) in [7, 11) is -2.30. The number of rotatable bonds is 6. The standard InChI is InChI=1S/C9H10BrF2NO4S/c1-16-6-2-3-8(17-9(11)12)7(4-6)13-18(14,15)5-10/h2-4,9,13H,5H2,1H3. The summed E-state index contributed by atoms with van der Waals surface area (Å²) in [4.78, 5) is 0. The number of methoxy groups -OCH3 is 1. The van der Waals surface area contributed by atoms with Gasteiger partial charge in [-0.15, -0.1) is 0 Å². The minimum absolute atomic E-state index is 0.117. The maximum absolute atomic E-state index is 12.2. The Morgan fingerprint density at radius 2 is 2.11 bits per heavy atom. The molecule has 1 aromatic carbocycles. The number of halogens is 3. The molecule has 0 bridgehead atoms. The van der Waals surface area contributed by atoms with Gasteiger partial charge in [-0.25, -0.2) is 8.42 Å². The zero-order chi connectivity index (χ0) is 13.8. The maximum atomic E-state index is 12.2. The van der Waals surface area contributed by atoms with Crippen molar-refractivity contribution in [2.24, 2.45) is 0 Å². The normalized spacial score (nSPS) is 11.4. The van der Waals surface area contributed by atoms with Crippen LogP contribution >= 0.6 is 15.9 Å². The van der Waals surface area contributed by atoms with E-state index in [4.69, 9.17) is 4.74 Å². The molecule has 0 aliphatic carbocycles. The monoisotopic (exact) mass is 345 g/mol. The largest absolute Gasteiger partial charge is 0.497 e. The molecule has 0 atom stereocenters. The van der Waals surface area contributed by atoms with Crippen LogP contribution in [0, 0.1) is 0 Å². The number of benzene rings is 1. The SMILES string of the molecule is COc1ccc(OC(F)F)c(NS(=O)(=O)CBr)c1. The Balaban J connectivity index is 3.11. The van der Waals surface area contributed by atoms with Gasteiger partial charge in [-0.1, -0.05) is 15.9 Å². The lowest BCUT2D eigenvalue weighted by Crippen LogP contribution is -2.15. The summed E-state index contributed by atoms with van der Waals surface area (Å²) in [6, 6.07) is 3.82. The van der Waals surface area contributed by atoms with E-state index in [1.807, 2.05) is 0 Å². The Morgan fingerprint density at radius 3 is 2.61 bits per heavy atom. The highest BCUT2D eigenvalue weighted by molar-refractivity contribution is 9.10. The number of sulfonamides is 1. The second kappa shape index (κ2) is 6.19. The van der Waals surface area contributed by atoms with E-state index >= 15 is 0 Å². The molecule has 0 saturated carbocycles. The fraction of sp³-hybridized carbons (Fsp3) is 0.333. The number of ether oxygens (including phenoxy) is 2. The summed E-state index contributed by atoms with van der Waals surface area (Å²) in [6.07, 6.45) is 0. The Morgan fingerprint density at radius 1 is 1.44 bits per heavy atom. The average molecular weight is 346 g/mol. The van der Waals surface area contributed by atoms with Crippen molar-refractivity contribution in [2.75, 3.05) is 16.5 Å². The summed E-state index contributed by atoms with van der Waals surface area (Å²) in [5.74, 6) is 0.0270. The number of hydrogen-bond donors (Lipinski definition) is 1. The van der Waals surface area contributed by atoms with Crippen molar-refractivity contribution in [3.8, 4) is 11.5 Å². The predicted octanol–water partition coefficient (Wildman–Crippen LogP) is 2.39. The molecule has 0 unspecified atom stereocenters. The molecule has 0 heterocycles. The van der Waals surface area contributed by atoms with Crippen LogP contribution in [-0.4, -0.2) is 26.8 Å². The van der Waals surface area contributed by atoms with Crippen LogP contribution in [0.1, 0.15) is 0 Å². The van der Waals surface area contributed by atoms with Crippen LogP contribution in [0.4, 0.5) is 14.5 Å². The number of nitrogens with one attached hydrogen (secondary N) is 1. The van der Waals surface area contributed by atoms with Crippen molar-refractivity contribution in [2.45, 2.75) is 6.61 Å². The summed E-state index contributed by atoms with van der Waals surface area (Å²) in [6.45, 7) is -3.05. The van der Waals surface area contributed by atoms with E-state index in [-0.39, 0.29) is 16.1 Å². The lowest BCUT2D eigenvalue weighted by molar-refractivity contribution is -0.0493. The highest BCUT2D eigenvalue weighted by atomic mass is 79.9. The third-order valence-electron chi connectivity index (χ3n) is 1.81. The average Bonchev–Trinajstić information content (AvgIpc) is 2.30. The second-order valence-electron chi connectivity index (χ2n) is 3.07. The van der Waals surface area contributed by atoms with E-state index in [2.05, 4.69) is 25.4 Å². The van der Waals surface area contributed by atoms with Crippen LogP contribution in [0.25, 0.3) is 0 Å². The van der Waals surface area contributed by atoms with Gasteiger partial charge in [-0.2, -0.15) is 8.78 Å². The van der Waals surface area contributed by atoms with Gasteiger partial charge in [0.1, 0.15) is 16.2 Å². The molecule has 0 amide bonds. The van der Waals surface area contributed by atoms with E-state index in [9.17, 15) is 17.2 Å². The molecule has 0 spiro atoms. The molecule has 0 aliphatic heterocycles. The first-order chi connectivity index (χ1) is 8.38. The summed E-state index contributed by atoms with van der Waals surface area (Å²) in [5.41, 5.74) is -0.117. The number of hydrogen-bond acceptors (Lipinski definition) is 4. The molecule has 0 radical (unpaired) electrons. The highest BCUT2D eigenvalue weighted by Crippen LogP contribution is 2.31. The highest BCUT2D eigenvalue weighted by Gasteiger charge is 2.15. The first kappa shape index (κ1) is 15.0. The fourth-order valence-electron chi connectivity index (χ4n) is 1.11. The van der Waals surface area contributed by atoms with E-state index in [0.29, 0.717) is 5.75 Å². The van der Waals surface area contributed by atoms with Gasteiger partial charge in [-0.05, 0) is 12.1 Å². The molecule has 0 aliphatic rings. The Hall–Kier alpha value is -1.09. The number of anilines is 1. The molecule has 1 rings (SSSR count). The molecule has 18 heavy (non-hydrogen) atoms. The molecule has 0 fully saturated rings. The van der Waals surface area contributed by atoms with Crippen molar-refractivity contribution in [1.29, 1.82) is 0 Å². The van der Waals surface area contributed by atoms with Gasteiger partial charge in [0, 0.05) is 6.07 Å². The van der Waals surface area contributed by atoms with Crippen molar-refractivity contribution < 1.29 is 26.7 Å². The van der Waals surface area contributed by atoms with Crippen LogP contribution in [0.5, 0.6) is 11.5 Å². The van der Waals surface area contributed by atoms with Crippen LogP contribution in [0.15, 0.2) is 18.2 Å². The Bertz CT molecular complexity index is 509. The minimum Gasteiger partial charge on any atom is -0.497 e. The van der Waals surface area contributed by atoms with Crippen LogP contribution < -0.4 is 14.2 Å². The van der Waals surface area contributed by atoms with Crippen LogP contribution in [0.3, 0.4) is 0 Å². The third kappa shape index (κ3) is 4.30. The first-order valence-corrected chi connectivity index (χ1v) is 7.34. The van der Waals surface area contributed by atoms with E-state index in [1.54, 1.807) is 0 Å². The lowest BCUT2D eigenvalue weighted by Gasteiger charge is -2.13. The molecular formula is C9H10BrF2NO4S. The number of alkyl halides is 3. The topological polar surface area (TPSA) is 64.6 Å². The van der Waals surface area contributed by atoms with Crippen molar-refractivity contribution in [3.05, 3.63) is 18.2 Å². The molecule has 1 N–H and O–H groups in total. The van der Waals surface area contributed by atoms with Crippen LogP contribution in [-0.2, 0) is 10.0 Å². The second-order valence-corrected chi connectivity index (χ2v) is 6.09. The fourth-order valence-corrected chi connectivity index (χ4v) is 2.00. The van der Waals surface area contributed by atoms with Gasteiger partial charge in [0.15, 0.2) is 0 Å². The summed E-state index contributed by atoms with van der Waals surface area (Å²) >= 11 is 2.77. The van der Waals surface area contributed by atoms with Gasteiger partial charge in [0.05, 0.1) is 12.8 Å². The van der Waals surface area contributed by atoms with Gasteiger partial charge >= 0.3 is 6.61 Å². The van der Waals surface area contributed by atoms with E-state index in [0.717, 1.165) is 0 Å². The van der Waals surface area contributed by atoms with Crippen molar-refractivity contribution >= 4 is 31.6 Å². The molecule has 1 aromatic rings. The van der Waals surface area contributed by atoms with Crippen molar-refractivity contribution in [1.82, 2.24) is 0 Å².